The maximum Gasteiger partial charge on any atom is 0.0778 e. The van der Waals surface area contributed by atoms with Crippen molar-refractivity contribution in [3.05, 3.63) is 0 Å². The first-order chi connectivity index (χ1) is 8.58. The van der Waals surface area contributed by atoms with Crippen LogP contribution < -0.4 is 0 Å². The van der Waals surface area contributed by atoms with E-state index in [0.29, 0.717) is 12.0 Å². The Morgan fingerprint density at radius 3 is 2.11 bits per heavy atom. The zero-order chi connectivity index (χ0) is 15.1. The Bertz CT molecular complexity index is 237. The van der Waals surface area contributed by atoms with Crippen molar-refractivity contribution in [2.75, 3.05) is 12.9 Å². The van der Waals surface area contributed by atoms with Crippen LogP contribution in [0.4, 0.5) is 0 Å². The molecule has 0 bridgehead atoms. The smallest absolute Gasteiger partial charge is 0.0778 e. The van der Waals surface area contributed by atoms with Gasteiger partial charge in [-0.2, -0.15) is 0 Å². The van der Waals surface area contributed by atoms with Crippen molar-refractivity contribution in [2.45, 2.75) is 79.4 Å². The average molecular weight is 291 g/mol. The third kappa shape index (κ3) is 10.7. The first-order valence-corrected chi connectivity index (χ1v) is 8.56. The summed E-state index contributed by atoms with van der Waals surface area (Å²) in [7, 11) is 0. The first-order valence-electron chi connectivity index (χ1n) is 7.41. The molecule has 1 atom stereocenters. The van der Waals surface area contributed by atoms with Crippen LogP contribution in [0.15, 0.2) is 0 Å². The quantitative estimate of drug-likeness (QED) is 0.507. The van der Waals surface area contributed by atoms with Gasteiger partial charge in [-0.05, 0) is 63.4 Å². The Hall–Kier alpha value is 0.270. The minimum atomic E-state index is -0.0828. The summed E-state index contributed by atoms with van der Waals surface area (Å²) in [5.41, 5.74) is 0.150. The van der Waals surface area contributed by atoms with Gasteiger partial charge in [0, 0.05) is 12.9 Å². The van der Waals surface area contributed by atoms with E-state index in [1.54, 1.807) is 0 Å². The van der Waals surface area contributed by atoms with E-state index < -0.39 is 0 Å². The van der Waals surface area contributed by atoms with Gasteiger partial charge >= 0.3 is 0 Å². The van der Waals surface area contributed by atoms with Crippen molar-refractivity contribution in [3.8, 4) is 0 Å². The van der Waals surface area contributed by atoms with Gasteiger partial charge in [0.2, 0.25) is 0 Å². The molecule has 0 aliphatic rings. The van der Waals surface area contributed by atoms with Crippen molar-refractivity contribution in [1.29, 1.82) is 0 Å². The van der Waals surface area contributed by atoms with Gasteiger partial charge in [0.25, 0.3) is 0 Å². The molecule has 0 aromatic carbocycles. The molecule has 0 spiro atoms. The largest absolute Gasteiger partial charge is 0.378 e. The van der Waals surface area contributed by atoms with Crippen LogP contribution in [-0.2, 0) is 8.92 Å². The second kappa shape index (κ2) is 8.53. The third-order valence-corrected chi connectivity index (χ3v) is 3.77. The predicted molar refractivity (Wildman–Crippen MR) is 86.6 cm³/mol. The minimum absolute atomic E-state index is 0.0828. The van der Waals surface area contributed by atoms with Gasteiger partial charge in [-0.1, -0.05) is 27.7 Å². The molecule has 0 amide bonds. The van der Waals surface area contributed by atoms with Crippen molar-refractivity contribution in [2.24, 2.45) is 11.3 Å². The Kier molecular flexibility index (Phi) is 8.65. The molecule has 116 valence electrons. The van der Waals surface area contributed by atoms with Crippen LogP contribution in [-0.4, -0.2) is 24.6 Å². The van der Waals surface area contributed by atoms with Crippen LogP contribution in [0.3, 0.4) is 0 Å². The monoisotopic (exact) mass is 290 g/mol. The molecular formula is C16H34O2S. The maximum atomic E-state index is 5.92. The molecule has 0 aromatic heterocycles. The maximum absolute atomic E-state index is 5.92. The van der Waals surface area contributed by atoms with Gasteiger partial charge < -0.3 is 8.92 Å². The van der Waals surface area contributed by atoms with E-state index in [-0.39, 0.29) is 11.0 Å². The zero-order valence-corrected chi connectivity index (χ0v) is 15.0. The Morgan fingerprint density at radius 1 is 1.05 bits per heavy atom. The van der Waals surface area contributed by atoms with Gasteiger partial charge in [-0.3, -0.25) is 0 Å². The molecule has 19 heavy (non-hydrogen) atoms. The van der Waals surface area contributed by atoms with Gasteiger partial charge in [0.1, 0.15) is 0 Å². The van der Waals surface area contributed by atoms with E-state index in [4.69, 9.17) is 8.92 Å². The van der Waals surface area contributed by atoms with Crippen molar-refractivity contribution < 1.29 is 8.92 Å². The van der Waals surface area contributed by atoms with Crippen LogP contribution in [0.1, 0.15) is 67.7 Å². The van der Waals surface area contributed by atoms with Crippen LogP contribution in [0.2, 0.25) is 0 Å². The topological polar surface area (TPSA) is 18.5 Å². The zero-order valence-electron chi connectivity index (χ0n) is 14.2. The Labute approximate surface area is 125 Å². The van der Waals surface area contributed by atoms with Crippen molar-refractivity contribution in [3.63, 3.8) is 0 Å². The van der Waals surface area contributed by atoms with Crippen LogP contribution in [0, 0.1) is 11.3 Å². The highest BCUT2D eigenvalue weighted by atomic mass is 32.2. The lowest BCUT2D eigenvalue weighted by molar-refractivity contribution is 0.00696. The number of rotatable bonds is 10. The van der Waals surface area contributed by atoms with E-state index in [1.165, 1.54) is 12.0 Å². The second-order valence-corrected chi connectivity index (χ2v) is 7.92. The van der Waals surface area contributed by atoms with Crippen LogP contribution in [0.25, 0.3) is 0 Å². The van der Waals surface area contributed by atoms with Crippen molar-refractivity contribution in [1.82, 2.24) is 0 Å². The lowest BCUT2D eigenvalue weighted by atomic mass is 9.78. The summed E-state index contributed by atoms with van der Waals surface area (Å²) in [5.74, 6) is 0.717. The predicted octanol–water partition coefficient (Wildman–Crippen LogP) is 5.32. The molecule has 0 rings (SSSR count). The van der Waals surface area contributed by atoms with Gasteiger partial charge in [0.15, 0.2) is 0 Å². The molecule has 0 aliphatic carbocycles. The highest BCUT2D eigenvalue weighted by molar-refractivity contribution is 7.93. The fourth-order valence-corrected chi connectivity index (χ4v) is 3.33. The molecular weight excluding hydrogens is 256 g/mol. The fourth-order valence-electron chi connectivity index (χ4n) is 2.82. The number of hydrogen-bond donors (Lipinski definition) is 0. The van der Waals surface area contributed by atoms with E-state index >= 15 is 0 Å². The summed E-state index contributed by atoms with van der Waals surface area (Å²) in [4.78, 5) is 0. The summed E-state index contributed by atoms with van der Waals surface area (Å²) < 4.78 is 11.7. The Morgan fingerprint density at radius 2 is 1.63 bits per heavy atom. The van der Waals surface area contributed by atoms with Gasteiger partial charge in [0.05, 0.1) is 11.7 Å². The summed E-state index contributed by atoms with van der Waals surface area (Å²) in [6.07, 6.45) is 5.56. The van der Waals surface area contributed by atoms with E-state index in [9.17, 15) is 0 Å². The molecule has 1 unspecified atom stereocenters. The van der Waals surface area contributed by atoms with Crippen molar-refractivity contribution >= 4 is 12.0 Å². The van der Waals surface area contributed by atoms with E-state index in [2.05, 4.69) is 48.5 Å². The van der Waals surface area contributed by atoms with E-state index in [0.717, 1.165) is 25.9 Å². The lowest BCUT2D eigenvalue weighted by Gasteiger charge is -2.35. The molecule has 0 fully saturated rings. The fraction of sp³-hybridized carbons (Fsp3) is 1.00. The van der Waals surface area contributed by atoms with Gasteiger partial charge in [-0.15, -0.1) is 0 Å². The van der Waals surface area contributed by atoms with Gasteiger partial charge in [-0.25, -0.2) is 0 Å². The average Bonchev–Trinajstić information content (AvgIpc) is 2.12. The third-order valence-electron chi connectivity index (χ3n) is 3.15. The lowest BCUT2D eigenvalue weighted by Crippen LogP contribution is -2.32. The highest BCUT2D eigenvalue weighted by Gasteiger charge is 2.31. The van der Waals surface area contributed by atoms with Crippen LogP contribution >= 0.6 is 12.0 Å². The second-order valence-electron chi connectivity index (χ2n) is 7.42. The molecule has 0 saturated carbocycles. The molecule has 0 radical (unpaired) electrons. The van der Waals surface area contributed by atoms with Crippen LogP contribution in [0.5, 0.6) is 0 Å². The Balaban J connectivity index is 4.13. The molecule has 0 aromatic rings. The molecule has 2 nitrogen and oxygen atoms in total. The number of ether oxygens (including phenoxy) is 1. The minimum Gasteiger partial charge on any atom is -0.378 e. The summed E-state index contributed by atoms with van der Waals surface area (Å²) >= 11 is 1.45. The summed E-state index contributed by atoms with van der Waals surface area (Å²) in [6, 6.07) is 0. The van der Waals surface area contributed by atoms with E-state index in [1.807, 2.05) is 6.26 Å². The first kappa shape index (κ1) is 19.3. The normalized spacial score (nSPS) is 15.0. The standard InChI is InChI=1S/C16H34O2S/c1-13(2)9-10-17-14(3)11-15(4,5)12-16(6,7)18-19-8/h13-14H,9-12H2,1-8H3. The summed E-state index contributed by atoms with van der Waals surface area (Å²) in [6.45, 7) is 16.5. The molecule has 0 N–H and O–H groups in total. The number of hydrogen-bond acceptors (Lipinski definition) is 3. The molecule has 0 heterocycles. The SMILES string of the molecule is CSOC(C)(C)CC(C)(C)CC(C)OCCC(C)C. The molecule has 0 aliphatic heterocycles. The highest BCUT2D eigenvalue weighted by Crippen LogP contribution is 2.36. The molecule has 0 saturated heterocycles. The summed E-state index contributed by atoms with van der Waals surface area (Å²) in [5, 5.41) is 0. The molecule has 3 heteroatoms.